The number of ether oxygens (including phenoxy) is 1. The molecule has 0 aromatic carbocycles. The van der Waals surface area contributed by atoms with Gasteiger partial charge in [-0.1, -0.05) is 27.2 Å². The van der Waals surface area contributed by atoms with Crippen LogP contribution >= 0.6 is 0 Å². The first-order valence-corrected chi connectivity index (χ1v) is 8.40. The van der Waals surface area contributed by atoms with E-state index in [2.05, 4.69) is 51.8 Å². The molecule has 2 aliphatic rings. The topological polar surface area (TPSA) is 24.5 Å². The molecule has 2 fully saturated rings. The Bertz CT molecular complexity index is 327. The highest BCUT2D eigenvalue weighted by molar-refractivity contribution is 5.00. The second kappa shape index (κ2) is 5.94. The minimum atomic E-state index is -0.0178. The fourth-order valence-electron chi connectivity index (χ4n) is 4.39. The van der Waals surface area contributed by atoms with Crippen molar-refractivity contribution in [1.82, 2.24) is 10.2 Å². The molecule has 0 aromatic rings. The molecule has 1 saturated heterocycles. The largest absolute Gasteiger partial charge is 0.370 e. The molecule has 3 nitrogen and oxygen atoms in total. The zero-order valence-electron chi connectivity index (χ0n) is 14.3. The average molecular weight is 282 g/mol. The summed E-state index contributed by atoms with van der Waals surface area (Å²) in [7, 11) is 0. The summed E-state index contributed by atoms with van der Waals surface area (Å²) in [6, 6.07) is 1.26. The molecule has 1 saturated carbocycles. The fraction of sp³-hybridized carbons (Fsp3) is 1.00. The lowest BCUT2D eigenvalue weighted by Crippen LogP contribution is -2.64. The summed E-state index contributed by atoms with van der Waals surface area (Å²) >= 11 is 0. The summed E-state index contributed by atoms with van der Waals surface area (Å²) in [5.41, 5.74) is 0.376. The summed E-state index contributed by atoms with van der Waals surface area (Å²) in [6.07, 6.45) is 4.35. The zero-order chi connectivity index (χ0) is 15.0. The number of hydrogen-bond acceptors (Lipinski definition) is 3. The molecule has 0 spiro atoms. The minimum Gasteiger partial charge on any atom is -0.370 e. The van der Waals surface area contributed by atoms with Gasteiger partial charge in [0.05, 0.1) is 11.7 Å². The van der Waals surface area contributed by atoms with E-state index in [1.54, 1.807) is 0 Å². The normalized spacial score (nSPS) is 37.8. The summed E-state index contributed by atoms with van der Waals surface area (Å²) in [6.45, 7) is 17.0. The molecule has 20 heavy (non-hydrogen) atoms. The van der Waals surface area contributed by atoms with Crippen LogP contribution in [0, 0.1) is 5.41 Å². The van der Waals surface area contributed by atoms with Crippen LogP contribution in [0.25, 0.3) is 0 Å². The van der Waals surface area contributed by atoms with Gasteiger partial charge >= 0.3 is 0 Å². The van der Waals surface area contributed by atoms with Crippen LogP contribution in [0.1, 0.15) is 60.8 Å². The number of hydrogen-bond donors (Lipinski definition) is 1. The molecule has 3 atom stereocenters. The summed E-state index contributed by atoms with van der Waals surface area (Å²) in [5.74, 6) is 0. The molecule has 0 bridgehead atoms. The van der Waals surface area contributed by atoms with E-state index in [0.29, 0.717) is 23.6 Å². The third-order valence-corrected chi connectivity index (χ3v) is 5.04. The Kier molecular flexibility index (Phi) is 4.83. The van der Waals surface area contributed by atoms with E-state index in [1.165, 1.54) is 19.3 Å². The van der Waals surface area contributed by atoms with Crippen LogP contribution in [0.4, 0.5) is 0 Å². The van der Waals surface area contributed by atoms with Crippen LogP contribution in [0.15, 0.2) is 0 Å². The Labute approximate surface area is 125 Å². The molecule has 3 unspecified atom stereocenters. The highest BCUT2D eigenvalue weighted by Crippen LogP contribution is 2.39. The molecule has 0 radical (unpaired) electrons. The lowest BCUT2D eigenvalue weighted by Gasteiger charge is -2.52. The van der Waals surface area contributed by atoms with Gasteiger partial charge in [0.25, 0.3) is 0 Å². The molecule has 0 aromatic heterocycles. The van der Waals surface area contributed by atoms with Crippen molar-refractivity contribution in [3.05, 3.63) is 0 Å². The van der Waals surface area contributed by atoms with Crippen molar-refractivity contribution in [1.29, 1.82) is 0 Å². The van der Waals surface area contributed by atoms with Crippen molar-refractivity contribution in [2.24, 2.45) is 5.41 Å². The van der Waals surface area contributed by atoms with Crippen molar-refractivity contribution in [3.63, 3.8) is 0 Å². The quantitative estimate of drug-likeness (QED) is 0.861. The van der Waals surface area contributed by atoms with Crippen LogP contribution in [-0.4, -0.2) is 48.3 Å². The van der Waals surface area contributed by atoms with Crippen molar-refractivity contribution < 1.29 is 4.74 Å². The Morgan fingerprint density at radius 3 is 2.55 bits per heavy atom. The predicted octanol–water partition coefficient (Wildman–Crippen LogP) is 3.04. The van der Waals surface area contributed by atoms with Gasteiger partial charge in [0.2, 0.25) is 0 Å². The summed E-state index contributed by atoms with van der Waals surface area (Å²) < 4.78 is 6.08. The van der Waals surface area contributed by atoms with Crippen molar-refractivity contribution in [2.45, 2.75) is 84.6 Å². The second-order valence-electron chi connectivity index (χ2n) is 8.10. The number of rotatable bonds is 3. The monoisotopic (exact) mass is 282 g/mol. The van der Waals surface area contributed by atoms with Gasteiger partial charge in [-0.3, -0.25) is 4.90 Å². The van der Waals surface area contributed by atoms with Gasteiger partial charge in [-0.25, -0.2) is 0 Å². The van der Waals surface area contributed by atoms with E-state index in [4.69, 9.17) is 4.74 Å². The van der Waals surface area contributed by atoms with Crippen molar-refractivity contribution in [2.75, 3.05) is 19.6 Å². The molecule has 1 heterocycles. The first-order chi connectivity index (χ1) is 9.25. The lowest BCUT2D eigenvalue weighted by molar-refractivity contribution is -0.147. The number of nitrogens with one attached hydrogen (secondary N) is 1. The van der Waals surface area contributed by atoms with Gasteiger partial charge in [-0.15, -0.1) is 0 Å². The Morgan fingerprint density at radius 2 is 1.95 bits per heavy atom. The zero-order valence-corrected chi connectivity index (χ0v) is 14.3. The van der Waals surface area contributed by atoms with Gasteiger partial charge in [0.1, 0.15) is 0 Å². The SMILES string of the molecule is CCNC1C(N2CC(C)OC(C)(C)C2)CCCC1(C)C. The van der Waals surface area contributed by atoms with Crippen LogP contribution in [0.5, 0.6) is 0 Å². The van der Waals surface area contributed by atoms with Gasteiger partial charge in [0.15, 0.2) is 0 Å². The smallest absolute Gasteiger partial charge is 0.0757 e. The molecule has 3 heteroatoms. The van der Waals surface area contributed by atoms with Crippen molar-refractivity contribution in [3.8, 4) is 0 Å². The molecule has 0 amide bonds. The van der Waals surface area contributed by atoms with Gasteiger partial charge < -0.3 is 10.1 Å². The number of morpholine rings is 1. The second-order valence-corrected chi connectivity index (χ2v) is 8.10. The molecule has 1 aliphatic carbocycles. The maximum Gasteiger partial charge on any atom is 0.0757 e. The highest BCUT2D eigenvalue weighted by Gasteiger charge is 2.44. The van der Waals surface area contributed by atoms with Crippen LogP contribution in [0.2, 0.25) is 0 Å². The Hall–Kier alpha value is -0.120. The maximum absolute atomic E-state index is 6.08. The first kappa shape index (κ1) is 16.3. The average Bonchev–Trinajstić information content (AvgIpc) is 2.29. The van der Waals surface area contributed by atoms with Crippen LogP contribution in [0.3, 0.4) is 0 Å². The molecular formula is C17H34N2O. The van der Waals surface area contributed by atoms with Crippen LogP contribution < -0.4 is 5.32 Å². The molecule has 2 rings (SSSR count). The maximum atomic E-state index is 6.08. The standard InChI is InChI=1S/C17H34N2O/c1-7-18-15-14(9-8-10-16(15,3)4)19-11-13(2)20-17(5,6)12-19/h13-15,18H,7-12H2,1-6H3. The lowest BCUT2D eigenvalue weighted by atomic mass is 9.70. The Morgan fingerprint density at radius 1 is 1.25 bits per heavy atom. The number of likely N-dealkylation sites (N-methyl/N-ethyl adjacent to an activating group) is 1. The molecule has 1 aliphatic heterocycles. The first-order valence-electron chi connectivity index (χ1n) is 8.40. The molecule has 118 valence electrons. The van der Waals surface area contributed by atoms with Gasteiger partial charge in [0, 0.05) is 25.2 Å². The third-order valence-electron chi connectivity index (χ3n) is 5.04. The van der Waals surface area contributed by atoms with Gasteiger partial charge in [-0.2, -0.15) is 0 Å². The Balaban J connectivity index is 2.15. The molecule has 1 N–H and O–H groups in total. The number of nitrogens with zero attached hydrogens (tertiary/aromatic N) is 1. The summed E-state index contributed by atoms with van der Waals surface area (Å²) in [4.78, 5) is 2.70. The van der Waals surface area contributed by atoms with E-state index < -0.39 is 0 Å². The minimum absolute atomic E-state index is 0.0178. The predicted molar refractivity (Wildman–Crippen MR) is 85.1 cm³/mol. The summed E-state index contributed by atoms with van der Waals surface area (Å²) in [5, 5.41) is 3.78. The van der Waals surface area contributed by atoms with E-state index in [9.17, 15) is 0 Å². The van der Waals surface area contributed by atoms with E-state index >= 15 is 0 Å². The molecular weight excluding hydrogens is 248 g/mol. The third kappa shape index (κ3) is 3.55. The fourth-order valence-corrected chi connectivity index (χ4v) is 4.39. The van der Waals surface area contributed by atoms with E-state index in [1.807, 2.05) is 0 Å². The highest BCUT2D eigenvalue weighted by atomic mass is 16.5. The van der Waals surface area contributed by atoms with Crippen LogP contribution in [-0.2, 0) is 4.74 Å². The van der Waals surface area contributed by atoms with E-state index in [-0.39, 0.29) is 5.60 Å². The van der Waals surface area contributed by atoms with Crippen molar-refractivity contribution >= 4 is 0 Å². The van der Waals surface area contributed by atoms with E-state index in [0.717, 1.165) is 19.6 Å². The van der Waals surface area contributed by atoms with Gasteiger partial charge in [-0.05, 0) is 45.6 Å².